The highest BCUT2D eigenvalue weighted by atomic mass is 16.5. The van der Waals surface area contributed by atoms with Gasteiger partial charge in [-0.3, -0.25) is 9.59 Å². The Balaban J connectivity index is 1.78. The second kappa shape index (κ2) is 6.32. The van der Waals surface area contributed by atoms with E-state index in [0.717, 1.165) is 12.8 Å². The monoisotopic (exact) mass is 275 g/mol. The molecular weight excluding hydrogens is 258 g/mol. The normalized spacial score (nSPS) is 15.2. The molecule has 5 heteroatoms. The number of hydrogen-bond donors (Lipinski definition) is 1. The van der Waals surface area contributed by atoms with Gasteiger partial charge in [-0.25, -0.2) is 4.79 Å². The summed E-state index contributed by atoms with van der Waals surface area (Å²) >= 11 is 0. The highest BCUT2D eigenvalue weighted by Crippen LogP contribution is 2.32. The minimum Gasteiger partial charge on any atom is -0.452 e. The van der Waals surface area contributed by atoms with Crippen LogP contribution < -0.4 is 5.32 Å². The van der Waals surface area contributed by atoms with E-state index in [1.807, 2.05) is 6.92 Å². The van der Waals surface area contributed by atoms with Crippen molar-refractivity contribution in [3.8, 4) is 0 Å². The van der Waals surface area contributed by atoms with Crippen LogP contribution in [0.1, 0.15) is 40.5 Å². The summed E-state index contributed by atoms with van der Waals surface area (Å²) in [4.78, 5) is 33.8. The van der Waals surface area contributed by atoms with E-state index in [1.165, 1.54) is 24.3 Å². The summed E-state index contributed by atoms with van der Waals surface area (Å²) in [6.45, 7) is 1.67. The molecule has 1 amide bonds. The Kier molecular flexibility index (Phi) is 4.50. The van der Waals surface area contributed by atoms with Gasteiger partial charge in [-0.1, -0.05) is 12.1 Å². The molecule has 0 bridgehead atoms. The summed E-state index contributed by atoms with van der Waals surface area (Å²) in [5.74, 6) is -0.301. The maximum Gasteiger partial charge on any atom is 0.338 e. The van der Waals surface area contributed by atoms with E-state index >= 15 is 0 Å². The Morgan fingerprint density at radius 3 is 2.55 bits per heavy atom. The Hall–Kier alpha value is -2.17. The Morgan fingerprint density at radius 2 is 2.00 bits per heavy atom. The molecule has 1 aromatic carbocycles. The van der Waals surface area contributed by atoms with Crippen LogP contribution in [0.5, 0.6) is 0 Å². The largest absolute Gasteiger partial charge is 0.452 e. The molecule has 0 spiro atoms. The van der Waals surface area contributed by atoms with Gasteiger partial charge in [-0.15, -0.1) is 0 Å². The van der Waals surface area contributed by atoms with Crippen molar-refractivity contribution in [1.29, 1.82) is 0 Å². The summed E-state index contributed by atoms with van der Waals surface area (Å²) in [6.07, 6.45) is 2.98. The average Bonchev–Trinajstić information content (AvgIpc) is 3.29. The second-order valence-electron chi connectivity index (χ2n) is 5.01. The van der Waals surface area contributed by atoms with Crippen molar-refractivity contribution in [2.75, 3.05) is 6.61 Å². The van der Waals surface area contributed by atoms with Gasteiger partial charge in [0, 0.05) is 11.6 Å². The number of carbonyl (C=O) groups is 3. The quantitative estimate of drug-likeness (QED) is 0.632. The molecule has 1 saturated carbocycles. The van der Waals surface area contributed by atoms with E-state index in [-0.39, 0.29) is 18.6 Å². The molecule has 106 valence electrons. The lowest BCUT2D eigenvalue weighted by molar-refractivity contribution is -0.124. The molecule has 0 radical (unpaired) electrons. The minimum absolute atomic E-state index is 0.132. The first-order valence-electron chi connectivity index (χ1n) is 6.62. The fourth-order valence-corrected chi connectivity index (χ4v) is 1.92. The van der Waals surface area contributed by atoms with Crippen molar-refractivity contribution in [3.63, 3.8) is 0 Å². The fraction of sp³-hybridized carbons (Fsp3) is 0.400. The van der Waals surface area contributed by atoms with Gasteiger partial charge in [0.2, 0.25) is 0 Å². The van der Waals surface area contributed by atoms with Crippen LogP contribution in [0.3, 0.4) is 0 Å². The highest BCUT2D eigenvalue weighted by molar-refractivity contribution is 5.92. The van der Waals surface area contributed by atoms with Crippen LogP contribution in [0, 0.1) is 5.92 Å². The van der Waals surface area contributed by atoms with Gasteiger partial charge in [0.25, 0.3) is 5.91 Å². The van der Waals surface area contributed by atoms with Crippen LogP contribution >= 0.6 is 0 Å². The van der Waals surface area contributed by atoms with Gasteiger partial charge >= 0.3 is 5.97 Å². The van der Waals surface area contributed by atoms with Gasteiger partial charge < -0.3 is 10.1 Å². The van der Waals surface area contributed by atoms with E-state index in [0.29, 0.717) is 23.3 Å². The van der Waals surface area contributed by atoms with Crippen LogP contribution in [0.4, 0.5) is 0 Å². The molecule has 2 rings (SSSR count). The molecule has 0 aliphatic heterocycles. The molecule has 0 saturated heterocycles. The van der Waals surface area contributed by atoms with Crippen molar-refractivity contribution in [3.05, 3.63) is 35.4 Å². The topological polar surface area (TPSA) is 72.5 Å². The SMILES string of the molecule is C[C@@H](NC(=O)COC(=O)c1ccc(C=O)cc1)C1CC1. The van der Waals surface area contributed by atoms with E-state index in [4.69, 9.17) is 4.74 Å². The fourth-order valence-electron chi connectivity index (χ4n) is 1.92. The minimum atomic E-state index is -0.573. The molecule has 5 nitrogen and oxygen atoms in total. The molecule has 1 fully saturated rings. The number of aldehydes is 1. The van der Waals surface area contributed by atoms with Crippen LogP contribution in [0.25, 0.3) is 0 Å². The predicted molar refractivity (Wildman–Crippen MR) is 72.4 cm³/mol. The van der Waals surface area contributed by atoms with Gasteiger partial charge in [-0.2, -0.15) is 0 Å². The number of carbonyl (C=O) groups excluding carboxylic acids is 3. The highest BCUT2D eigenvalue weighted by Gasteiger charge is 2.28. The standard InChI is InChI=1S/C15H17NO4/c1-10(12-6-7-12)16-14(18)9-20-15(19)13-4-2-11(8-17)3-5-13/h2-5,8,10,12H,6-7,9H2,1H3,(H,16,18)/t10-/m1/s1. The number of hydrogen-bond acceptors (Lipinski definition) is 4. The summed E-state index contributed by atoms with van der Waals surface area (Å²) in [6, 6.07) is 6.18. The number of rotatable bonds is 6. The van der Waals surface area contributed by atoms with Crippen molar-refractivity contribution in [2.45, 2.75) is 25.8 Å². The first-order chi connectivity index (χ1) is 9.60. The van der Waals surface area contributed by atoms with Crippen molar-refractivity contribution in [1.82, 2.24) is 5.32 Å². The Labute approximate surface area is 117 Å². The predicted octanol–water partition coefficient (Wildman–Crippen LogP) is 1.57. The third-order valence-electron chi connectivity index (χ3n) is 3.33. The van der Waals surface area contributed by atoms with Crippen molar-refractivity contribution >= 4 is 18.2 Å². The van der Waals surface area contributed by atoms with Gasteiger partial charge in [0.15, 0.2) is 6.61 Å². The first-order valence-corrected chi connectivity index (χ1v) is 6.62. The third kappa shape index (κ3) is 3.91. The van der Waals surface area contributed by atoms with Crippen molar-refractivity contribution < 1.29 is 19.1 Å². The molecule has 1 aliphatic carbocycles. The molecule has 0 heterocycles. The summed E-state index contributed by atoms with van der Waals surface area (Å²) in [5.41, 5.74) is 0.802. The van der Waals surface area contributed by atoms with E-state index in [2.05, 4.69) is 5.32 Å². The maximum atomic E-state index is 11.7. The lowest BCUT2D eigenvalue weighted by Crippen LogP contribution is -2.37. The zero-order chi connectivity index (χ0) is 14.5. The number of ether oxygens (including phenoxy) is 1. The molecule has 20 heavy (non-hydrogen) atoms. The molecule has 0 unspecified atom stereocenters. The van der Waals surface area contributed by atoms with Gasteiger partial charge in [0.05, 0.1) is 5.56 Å². The number of amides is 1. The third-order valence-corrected chi connectivity index (χ3v) is 3.33. The number of esters is 1. The summed E-state index contributed by atoms with van der Waals surface area (Å²) < 4.78 is 4.93. The smallest absolute Gasteiger partial charge is 0.338 e. The Morgan fingerprint density at radius 1 is 1.35 bits per heavy atom. The van der Waals surface area contributed by atoms with Crippen LogP contribution in [-0.4, -0.2) is 30.8 Å². The van der Waals surface area contributed by atoms with Crippen molar-refractivity contribution in [2.24, 2.45) is 5.92 Å². The molecule has 1 aromatic rings. The lowest BCUT2D eigenvalue weighted by Gasteiger charge is -2.12. The average molecular weight is 275 g/mol. The van der Waals surface area contributed by atoms with Gasteiger partial charge in [0.1, 0.15) is 6.29 Å². The molecule has 0 aromatic heterocycles. The van der Waals surface area contributed by atoms with Crippen LogP contribution in [0.15, 0.2) is 24.3 Å². The zero-order valence-corrected chi connectivity index (χ0v) is 11.3. The van der Waals surface area contributed by atoms with Crippen LogP contribution in [-0.2, 0) is 9.53 Å². The van der Waals surface area contributed by atoms with E-state index in [1.54, 1.807) is 0 Å². The van der Waals surface area contributed by atoms with Gasteiger partial charge in [-0.05, 0) is 37.8 Å². The van der Waals surface area contributed by atoms with E-state index in [9.17, 15) is 14.4 Å². The second-order valence-corrected chi connectivity index (χ2v) is 5.01. The summed E-state index contributed by atoms with van der Waals surface area (Å²) in [5, 5.41) is 2.80. The number of benzene rings is 1. The molecule has 1 aliphatic rings. The zero-order valence-electron chi connectivity index (χ0n) is 11.3. The maximum absolute atomic E-state index is 11.7. The molecular formula is C15H17NO4. The molecule has 1 atom stereocenters. The summed E-state index contributed by atoms with van der Waals surface area (Å²) in [7, 11) is 0. The first kappa shape index (κ1) is 14.2. The van der Waals surface area contributed by atoms with Crippen LogP contribution in [0.2, 0.25) is 0 Å². The Bertz CT molecular complexity index is 505. The lowest BCUT2D eigenvalue weighted by atomic mass is 10.1. The number of nitrogens with one attached hydrogen (secondary N) is 1. The van der Waals surface area contributed by atoms with E-state index < -0.39 is 5.97 Å². The molecule has 1 N–H and O–H groups in total.